The fraction of sp³-hybridized carbons (Fsp3) is 0.367. The molecule has 2 fully saturated rings. The highest BCUT2D eigenvalue weighted by Gasteiger charge is 2.48. The van der Waals surface area contributed by atoms with Crippen LogP contribution in [0.4, 0.5) is 10.5 Å². The Morgan fingerprint density at radius 1 is 0.864 bits per heavy atom. The van der Waals surface area contributed by atoms with Crippen LogP contribution in [0.15, 0.2) is 42.5 Å². The molecular formula is C30H29Cl2N5O7. The van der Waals surface area contributed by atoms with Crippen molar-refractivity contribution in [2.24, 2.45) is 11.8 Å². The number of nitrogens with one attached hydrogen (secondary N) is 2. The van der Waals surface area contributed by atoms with E-state index in [1.165, 1.54) is 20.8 Å². The van der Waals surface area contributed by atoms with Crippen LogP contribution in [-0.2, 0) is 32.1 Å². The maximum Gasteiger partial charge on any atom is 0.322 e. The second kappa shape index (κ2) is 11.7. The van der Waals surface area contributed by atoms with Gasteiger partial charge in [0.05, 0.1) is 28.4 Å². The summed E-state index contributed by atoms with van der Waals surface area (Å²) < 4.78 is 0. The SMILES string of the molecule is O=C(O)[C@H]1CN(C(=O)[C@@H]2CCCN2C(=O)[C@H]2Cc3c([nH]c4ccccc34)CN2C(=O)Nc2ccc(Cl)c(Cl)c2)C[C@@H]1C(=O)O. The highest BCUT2D eigenvalue weighted by atomic mass is 35.5. The third-order valence-corrected chi connectivity index (χ3v) is 9.55. The number of benzene rings is 2. The van der Waals surface area contributed by atoms with Gasteiger partial charge in [0.1, 0.15) is 12.1 Å². The van der Waals surface area contributed by atoms with E-state index in [0.717, 1.165) is 22.2 Å². The van der Waals surface area contributed by atoms with Crippen molar-refractivity contribution in [3.05, 3.63) is 63.8 Å². The van der Waals surface area contributed by atoms with E-state index in [1.54, 1.807) is 12.1 Å². The molecule has 12 nitrogen and oxygen atoms in total. The number of fused-ring (bicyclic) bond motifs is 3. The lowest BCUT2D eigenvalue weighted by molar-refractivity contribution is -0.151. The van der Waals surface area contributed by atoms with Gasteiger partial charge in [0, 0.05) is 48.3 Å². The van der Waals surface area contributed by atoms with Gasteiger partial charge in [-0.25, -0.2) is 4.79 Å². The molecule has 4 atom stereocenters. The van der Waals surface area contributed by atoms with Gasteiger partial charge in [-0.3, -0.25) is 19.2 Å². The van der Waals surface area contributed by atoms with Crippen molar-refractivity contribution in [2.75, 3.05) is 25.0 Å². The zero-order valence-corrected chi connectivity index (χ0v) is 24.8. The van der Waals surface area contributed by atoms with Crippen molar-refractivity contribution in [2.45, 2.75) is 37.9 Å². The Kier molecular flexibility index (Phi) is 7.89. The van der Waals surface area contributed by atoms with Gasteiger partial charge in [-0.15, -0.1) is 0 Å². The molecule has 4 heterocycles. The van der Waals surface area contributed by atoms with E-state index in [9.17, 15) is 34.2 Å². The van der Waals surface area contributed by atoms with Crippen molar-refractivity contribution in [3.8, 4) is 0 Å². The number of carboxylic acid groups (broad SMARTS) is 2. The van der Waals surface area contributed by atoms with Crippen LogP contribution in [0.3, 0.4) is 0 Å². The number of aromatic nitrogens is 1. The number of hydrogen-bond donors (Lipinski definition) is 4. The molecule has 4 amide bonds. The number of aromatic amines is 1. The number of H-pyrrole nitrogens is 1. The quantitative estimate of drug-likeness (QED) is 0.330. The molecule has 0 radical (unpaired) electrons. The van der Waals surface area contributed by atoms with Gasteiger partial charge in [0.15, 0.2) is 0 Å². The molecule has 14 heteroatoms. The molecule has 3 aliphatic heterocycles. The monoisotopic (exact) mass is 641 g/mol. The first kappa shape index (κ1) is 29.8. The standard InChI is InChI=1S/C30H29Cl2N5O7/c31-20-8-7-15(10-21(20)32)33-30(44)37-14-23-17(16-4-1-2-5-22(16)34-23)11-25(37)27(39)36-9-3-6-24(36)26(38)35-12-18(28(40)41)19(13-35)29(42)43/h1-2,4-5,7-8,10,18-19,24-25,34H,3,6,9,11-14H2,(H,33,44)(H,40,41)(H,42,43)/t18-,19-,24-,25+/m0/s1. The normalized spacial score (nSPS) is 23.1. The number of urea groups is 1. The summed E-state index contributed by atoms with van der Waals surface area (Å²) in [5, 5.41) is 23.4. The molecule has 3 aliphatic rings. The molecule has 6 rings (SSSR count). The number of likely N-dealkylation sites (tertiary alicyclic amines) is 2. The Labute approximate surface area is 261 Å². The lowest BCUT2D eigenvalue weighted by Gasteiger charge is -2.38. The van der Waals surface area contributed by atoms with E-state index in [1.807, 2.05) is 24.3 Å². The molecule has 3 aromatic rings. The number of rotatable bonds is 5. The van der Waals surface area contributed by atoms with E-state index in [-0.39, 0.29) is 37.6 Å². The number of aliphatic carboxylic acids is 2. The van der Waals surface area contributed by atoms with Crippen LogP contribution in [-0.4, -0.2) is 91.4 Å². The summed E-state index contributed by atoms with van der Waals surface area (Å²) in [7, 11) is 0. The molecule has 2 saturated heterocycles. The topological polar surface area (TPSA) is 163 Å². The Balaban J connectivity index is 1.29. The maximum absolute atomic E-state index is 14.3. The Morgan fingerprint density at radius 2 is 1.57 bits per heavy atom. The molecule has 1 aromatic heterocycles. The predicted molar refractivity (Wildman–Crippen MR) is 160 cm³/mol. The summed E-state index contributed by atoms with van der Waals surface area (Å²) in [5.41, 5.74) is 2.97. The Hall–Kier alpha value is -4.29. The first-order valence-electron chi connectivity index (χ1n) is 14.2. The summed E-state index contributed by atoms with van der Waals surface area (Å²) in [5.74, 6) is -5.94. The third-order valence-electron chi connectivity index (χ3n) is 8.81. The molecule has 0 bridgehead atoms. The highest BCUT2D eigenvalue weighted by Crippen LogP contribution is 2.34. The van der Waals surface area contributed by atoms with Crippen molar-refractivity contribution in [1.29, 1.82) is 0 Å². The van der Waals surface area contributed by atoms with Crippen LogP contribution >= 0.6 is 23.2 Å². The molecular weight excluding hydrogens is 613 g/mol. The number of anilines is 1. The van der Waals surface area contributed by atoms with Gasteiger partial charge in [0.2, 0.25) is 11.8 Å². The number of hydrogen-bond acceptors (Lipinski definition) is 5. The zero-order valence-electron chi connectivity index (χ0n) is 23.3. The summed E-state index contributed by atoms with van der Waals surface area (Å²) in [6.07, 6.45) is 1.08. The van der Waals surface area contributed by atoms with E-state index >= 15 is 0 Å². The molecule has 0 aliphatic carbocycles. The number of halogens is 2. The fourth-order valence-corrected chi connectivity index (χ4v) is 6.88. The van der Waals surface area contributed by atoms with E-state index in [2.05, 4.69) is 10.3 Å². The summed E-state index contributed by atoms with van der Waals surface area (Å²) in [4.78, 5) is 72.5. The number of carboxylic acids is 2. The first-order chi connectivity index (χ1) is 21.0. The smallest absolute Gasteiger partial charge is 0.322 e. The Bertz CT molecular complexity index is 1670. The Morgan fingerprint density at radius 3 is 2.25 bits per heavy atom. The van der Waals surface area contributed by atoms with Gasteiger partial charge in [-0.1, -0.05) is 41.4 Å². The van der Waals surface area contributed by atoms with Gasteiger partial charge >= 0.3 is 18.0 Å². The second-order valence-corrected chi connectivity index (χ2v) is 12.2. The number of carbonyl (C=O) groups is 5. The zero-order chi connectivity index (χ0) is 31.3. The molecule has 0 saturated carbocycles. The van der Waals surface area contributed by atoms with Gasteiger partial charge in [0.25, 0.3) is 0 Å². The van der Waals surface area contributed by atoms with Crippen molar-refractivity contribution in [1.82, 2.24) is 19.7 Å². The minimum atomic E-state index is -1.28. The minimum Gasteiger partial charge on any atom is -0.481 e. The highest BCUT2D eigenvalue weighted by molar-refractivity contribution is 6.42. The minimum absolute atomic E-state index is 0.104. The number of para-hydroxylation sites is 1. The van der Waals surface area contributed by atoms with Crippen LogP contribution in [0.5, 0.6) is 0 Å². The number of carbonyl (C=O) groups excluding carboxylic acids is 3. The van der Waals surface area contributed by atoms with E-state index in [0.29, 0.717) is 23.6 Å². The lowest BCUT2D eigenvalue weighted by Crippen LogP contribution is -2.57. The summed E-state index contributed by atoms with van der Waals surface area (Å²) >= 11 is 12.2. The largest absolute Gasteiger partial charge is 0.481 e. The van der Waals surface area contributed by atoms with E-state index in [4.69, 9.17) is 23.2 Å². The van der Waals surface area contributed by atoms with Crippen LogP contribution < -0.4 is 5.32 Å². The predicted octanol–water partition coefficient (Wildman–Crippen LogP) is 3.67. The maximum atomic E-state index is 14.3. The molecule has 44 heavy (non-hydrogen) atoms. The molecule has 0 unspecified atom stereocenters. The van der Waals surface area contributed by atoms with Crippen LogP contribution in [0, 0.1) is 11.8 Å². The third kappa shape index (κ3) is 5.32. The molecule has 230 valence electrons. The van der Waals surface area contributed by atoms with Gasteiger partial charge in [-0.2, -0.15) is 0 Å². The van der Waals surface area contributed by atoms with Crippen LogP contribution in [0.2, 0.25) is 10.0 Å². The second-order valence-electron chi connectivity index (χ2n) is 11.4. The average molecular weight is 642 g/mol. The van der Waals surface area contributed by atoms with Crippen LogP contribution in [0.25, 0.3) is 10.9 Å². The summed E-state index contributed by atoms with van der Waals surface area (Å²) in [6.45, 7) is -0.117. The van der Waals surface area contributed by atoms with Crippen molar-refractivity contribution < 1.29 is 34.2 Å². The number of amides is 4. The van der Waals surface area contributed by atoms with E-state index < -0.39 is 53.7 Å². The fourth-order valence-electron chi connectivity index (χ4n) is 6.58. The molecule has 0 spiro atoms. The molecule has 4 N–H and O–H groups in total. The molecule has 2 aromatic carbocycles. The summed E-state index contributed by atoms with van der Waals surface area (Å²) in [6, 6.07) is 9.94. The average Bonchev–Trinajstić information content (AvgIpc) is 3.74. The number of nitrogens with zero attached hydrogens (tertiary/aromatic N) is 3. The first-order valence-corrected chi connectivity index (χ1v) is 14.9. The van der Waals surface area contributed by atoms with Gasteiger partial charge < -0.3 is 35.2 Å². The van der Waals surface area contributed by atoms with Gasteiger partial charge in [-0.05, 0) is 42.7 Å². The lowest BCUT2D eigenvalue weighted by atomic mass is 9.95. The van der Waals surface area contributed by atoms with Crippen molar-refractivity contribution in [3.63, 3.8) is 0 Å². The van der Waals surface area contributed by atoms with Crippen LogP contribution in [0.1, 0.15) is 24.1 Å². The van der Waals surface area contributed by atoms with Crippen molar-refractivity contribution >= 4 is 69.6 Å².